The van der Waals surface area contributed by atoms with Crippen molar-refractivity contribution in [3.05, 3.63) is 65.7 Å². The lowest BCUT2D eigenvalue weighted by molar-refractivity contribution is -0.149. The van der Waals surface area contributed by atoms with Gasteiger partial charge in [-0.25, -0.2) is 0 Å². The summed E-state index contributed by atoms with van der Waals surface area (Å²) in [6.07, 6.45) is 0.0941. The predicted octanol–water partition coefficient (Wildman–Crippen LogP) is 3.07. The van der Waals surface area contributed by atoms with Crippen LogP contribution >= 0.6 is 0 Å². The Bertz CT molecular complexity index is 798. The van der Waals surface area contributed by atoms with Gasteiger partial charge >= 0.3 is 5.97 Å². The molecular weight excluding hydrogens is 346 g/mol. The molecule has 0 saturated heterocycles. The molecule has 27 heavy (non-hydrogen) atoms. The highest BCUT2D eigenvalue weighted by molar-refractivity contribution is 6.21. The SMILES string of the molecule is C[C@H](COc1ccccc1)OC(=O)CCCN1C(=O)c2ccccc2C1=O. The van der Waals surface area contributed by atoms with Crippen molar-refractivity contribution >= 4 is 17.8 Å². The Hall–Kier alpha value is -3.15. The van der Waals surface area contributed by atoms with Crippen LogP contribution in [0.1, 0.15) is 40.5 Å². The third-order valence-corrected chi connectivity index (χ3v) is 4.20. The van der Waals surface area contributed by atoms with Crippen LogP contribution in [0.2, 0.25) is 0 Å². The van der Waals surface area contributed by atoms with E-state index in [2.05, 4.69) is 0 Å². The van der Waals surface area contributed by atoms with E-state index in [0.717, 1.165) is 0 Å². The quantitative estimate of drug-likeness (QED) is 0.530. The molecule has 0 N–H and O–H groups in total. The van der Waals surface area contributed by atoms with Gasteiger partial charge in [-0.1, -0.05) is 30.3 Å². The lowest BCUT2D eigenvalue weighted by atomic mass is 10.1. The van der Waals surface area contributed by atoms with Gasteiger partial charge in [0.1, 0.15) is 18.5 Å². The zero-order valence-electron chi connectivity index (χ0n) is 15.1. The van der Waals surface area contributed by atoms with Crippen LogP contribution in [0.25, 0.3) is 0 Å². The maximum atomic E-state index is 12.3. The summed E-state index contributed by atoms with van der Waals surface area (Å²) in [6, 6.07) is 16.0. The van der Waals surface area contributed by atoms with E-state index in [4.69, 9.17) is 9.47 Å². The Morgan fingerprint density at radius 1 is 0.963 bits per heavy atom. The van der Waals surface area contributed by atoms with Gasteiger partial charge in [-0.15, -0.1) is 0 Å². The molecule has 3 rings (SSSR count). The van der Waals surface area contributed by atoms with E-state index in [1.165, 1.54) is 4.90 Å². The zero-order chi connectivity index (χ0) is 19.2. The maximum Gasteiger partial charge on any atom is 0.306 e. The number of carbonyl (C=O) groups excluding carboxylic acids is 3. The van der Waals surface area contributed by atoms with Crippen molar-refractivity contribution in [1.82, 2.24) is 4.90 Å². The topological polar surface area (TPSA) is 72.9 Å². The number of ether oxygens (including phenoxy) is 2. The fourth-order valence-corrected chi connectivity index (χ4v) is 2.87. The van der Waals surface area contributed by atoms with Crippen LogP contribution in [0.3, 0.4) is 0 Å². The normalized spacial score (nSPS) is 14.0. The number of amides is 2. The Balaban J connectivity index is 1.40. The molecule has 0 bridgehead atoms. The van der Waals surface area contributed by atoms with E-state index in [1.54, 1.807) is 31.2 Å². The van der Waals surface area contributed by atoms with Gasteiger partial charge in [0.05, 0.1) is 11.1 Å². The average Bonchev–Trinajstić information content (AvgIpc) is 2.92. The van der Waals surface area contributed by atoms with Gasteiger partial charge in [0.15, 0.2) is 0 Å². The van der Waals surface area contributed by atoms with E-state index in [9.17, 15) is 14.4 Å². The Kier molecular flexibility index (Phi) is 5.86. The van der Waals surface area contributed by atoms with Crippen LogP contribution in [-0.2, 0) is 9.53 Å². The number of carbonyl (C=O) groups is 3. The summed E-state index contributed by atoms with van der Waals surface area (Å²) in [6.45, 7) is 2.20. The zero-order valence-corrected chi connectivity index (χ0v) is 15.1. The Labute approximate surface area is 157 Å². The van der Waals surface area contributed by atoms with Crippen molar-refractivity contribution in [1.29, 1.82) is 0 Å². The van der Waals surface area contributed by atoms with E-state index in [0.29, 0.717) is 23.3 Å². The van der Waals surface area contributed by atoms with Crippen LogP contribution in [0.4, 0.5) is 0 Å². The number of para-hydroxylation sites is 1. The first kappa shape index (κ1) is 18.6. The molecule has 1 aliphatic heterocycles. The van der Waals surface area contributed by atoms with Gasteiger partial charge in [-0.3, -0.25) is 19.3 Å². The second-order valence-corrected chi connectivity index (χ2v) is 6.34. The first-order chi connectivity index (χ1) is 13.1. The summed E-state index contributed by atoms with van der Waals surface area (Å²) in [4.78, 5) is 37.6. The smallest absolute Gasteiger partial charge is 0.306 e. The second kappa shape index (κ2) is 8.49. The van der Waals surface area contributed by atoms with Crippen molar-refractivity contribution in [3.8, 4) is 5.75 Å². The Morgan fingerprint density at radius 2 is 1.56 bits per heavy atom. The van der Waals surface area contributed by atoms with E-state index in [1.807, 2.05) is 30.3 Å². The number of rotatable bonds is 8. The summed E-state index contributed by atoms with van der Waals surface area (Å²) in [5.74, 6) is -0.288. The molecule has 140 valence electrons. The summed E-state index contributed by atoms with van der Waals surface area (Å²) in [7, 11) is 0. The molecule has 0 unspecified atom stereocenters. The molecule has 0 spiro atoms. The molecular formula is C21H21NO5. The van der Waals surface area contributed by atoms with E-state index < -0.39 is 6.10 Å². The standard InChI is InChI=1S/C21H21NO5/c1-15(14-26-16-8-3-2-4-9-16)27-19(23)12-7-13-22-20(24)17-10-5-6-11-18(17)21(22)25/h2-6,8-11,15H,7,12-14H2,1H3/t15-/m1/s1. The second-order valence-electron chi connectivity index (χ2n) is 6.34. The highest BCUT2D eigenvalue weighted by Crippen LogP contribution is 2.22. The van der Waals surface area contributed by atoms with Crippen molar-refractivity contribution in [2.75, 3.05) is 13.2 Å². The number of hydrogen-bond acceptors (Lipinski definition) is 5. The predicted molar refractivity (Wildman–Crippen MR) is 98.5 cm³/mol. The van der Waals surface area contributed by atoms with Gasteiger partial charge in [0.2, 0.25) is 0 Å². The molecule has 6 heteroatoms. The minimum Gasteiger partial charge on any atom is -0.490 e. The van der Waals surface area contributed by atoms with Gasteiger partial charge in [0.25, 0.3) is 11.8 Å². The molecule has 2 aromatic rings. The molecule has 0 aromatic heterocycles. The fraction of sp³-hybridized carbons (Fsp3) is 0.286. The summed E-state index contributed by atoms with van der Waals surface area (Å²) >= 11 is 0. The van der Waals surface area contributed by atoms with Crippen molar-refractivity contribution in [3.63, 3.8) is 0 Å². The van der Waals surface area contributed by atoms with Crippen LogP contribution in [0, 0.1) is 0 Å². The number of esters is 1. The number of benzene rings is 2. The van der Waals surface area contributed by atoms with Gasteiger partial charge < -0.3 is 9.47 Å². The molecule has 0 radical (unpaired) electrons. The highest BCUT2D eigenvalue weighted by atomic mass is 16.6. The van der Waals surface area contributed by atoms with Gasteiger partial charge in [-0.2, -0.15) is 0 Å². The van der Waals surface area contributed by atoms with Crippen molar-refractivity contribution < 1.29 is 23.9 Å². The van der Waals surface area contributed by atoms with Gasteiger partial charge in [0, 0.05) is 13.0 Å². The molecule has 1 heterocycles. The monoisotopic (exact) mass is 367 g/mol. The number of imide groups is 1. The molecule has 2 amide bonds. The summed E-state index contributed by atoms with van der Waals surface area (Å²) in [5, 5.41) is 0. The molecule has 6 nitrogen and oxygen atoms in total. The molecule has 1 atom stereocenters. The lowest BCUT2D eigenvalue weighted by Gasteiger charge is -2.16. The average molecular weight is 367 g/mol. The van der Waals surface area contributed by atoms with Crippen molar-refractivity contribution in [2.24, 2.45) is 0 Å². The minimum atomic E-state index is -0.392. The molecule has 0 saturated carbocycles. The first-order valence-corrected chi connectivity index (χ1v) is 8.89. The fourth-order valence-electron chi connectivity index (χ4n) is 2.87. The van der Waals surface area contributed by atoms with Crippen LogP contribution < -0.4 is 4.74 Å². The minimum absolute atomic E-state index is 0.128. The third kappa shape index (κ3) is 4.53. The highest BCUT2D eigenvalue weighted by Gasteiger charge is 2.34. The lowest BCUT2D eigenvalue weighted by Crippen LogP contribution is -2.31. The van der Waals surface area contributed by atoms with Crippen LogP contribution in [-0.4, -0.2) is 41.9 Å². The van der Waals surface area contributed by atoms with E-state index in [-0.39, 0.29) is 37.4 Å². The Morgan fingerprint density at radius 3 is 2.19 bits per heavy atom. The molecule has 0 aliphatic carbocycles. The first-order valence-electron chi connectivity index (χ1n) is 8.89. The number of hydrogen-bond donors (Lipinski definition) is 0. The maximum absolute atomic E-state index is 12.3. The van der Waals surface area contributed by atoms with Gasteiger partial charge in [-0.05, 0) is 37.6 Å². The van der Waals surface area contributed by atoms with Crippen molar-refractivity contribution in [2.45, 2.75) is 25.9 Å². The third-order valence-electron chi connectivity index (χ3n) is 4.20. The van der Waals surface area contributed by atoms with Crippen LogP contribution in [0.15, 0.2) is 54.6 Å². The number of fused-ring (bicyclic) bond motifs is 1. The largest absolute Gasteiger partial charge is 0.490 e. The summed E-state index contributed by atoms with van der Waals surface area (Å²) < 4.78 is 10.8. The molecule has 0 fully saturated rings. The van der Waals surface area contributed by atoms with Crippen LogP contribution in [0.5, 0.6) is 5.75 Å². The summed E-state index contributed by atoms with van der Waals surface area (Å²) in [5.41, 5.74) is 0.827. The van der Waals surface area contributed by atoms with E-state index >= 15 is 0 Å². The molecule has 1 aliphatic rings. The molecule has 2 aromatic carbocycles. The number of nitrogens with zero attached hydrogens (tertiary/aromatic N) is 1.